The average Bonchev–Trinajstić information content (AvgIpc) is 2.63. The van der Waals surface area contributed by atoms with Crippen molar-refractivity contribution in [2.24, 2.45) is 0 Å². The minimum absolute atomic E-state index is 0.0961. The summed E-state index contributed by atoms with van der Waals surface area (Å²) in [5, 5.41) is 3.87. The highest BCUT2D eigenvalue weighted by molar-refractivity contribution is 6.42. The lowest BCUT2D eigenvalue weighted by Crippen LogP contribution is -2.29. The molecule has 0 saturated heterocycles. The van der Waals surface area contributed by atoms with Gasteiger partial charge in [-0.15, -0.1) is 0 Å². The van der Waals surface area contributed by atoms with Crippen LogP contribution in [0.4, 0.5) is 0 Å². The maximum absolute atomic E-state index is 12.4. The zero-order chi connectivity index (χ0) is 19.1. The first-order valence-electron chi connectivity index (χ1n) is 8.56. The lowest BCUT2D eigenvalue weighted by Gasteiger charge is -2.12. The third-order valence-electron chi connectivity index (χ3n) is 3.91. The number of carbonyl (C=O) groups excluding carboxylic acids is 1. The number of nitrogens with one attached hydrogen (secondary N) is 1. The molecule has 0 bridgehead atoms. The van der Waals surface area contributed by atoms with E-state index in [4.69, 9.17) is 27.9 Å². The lowest BCUT2D eigenvalue weighted by atomic mass is 10.1. The molecular formula is C19H22Cl2N2O3. The van der Waals surface area contributed by atoms with Crippen molar-refractivity contribution in [3.63, 3.8) is 0 Å². The van der Waals surface area contributed by atoms with Crippen molar-refractivity contribution in [1.29, 1.82) is 0 Å². The Morgan fingerprint density at radius 3 is 2.62 bits per heavy atom. The molecule has 26 heavy (non-hydrogen) atoms. The normalized spacial score (nSPS) is 10.6. The van der Waals surface area contributed by atoms with E-state index in [0.29, 0.717) is 29.7 Å². The Kier molecular flexibility index (Phi) is 7.54. The number of ether oxygens (including phenoxy) is 1. The average molecular weight is 397 g/mol. The van der Waals surface area contributed by atoms with Gasteiger partial charge in [-0.1, -0.05) is 29.3 Å². The first-order valence-corrected chi connectivity index (χ1v) is 9.31. The number of benzene rings is 1. The number of aromatic nitrogens is 1. The van der Waals surface area contributed by atoms with E-state index < -0.39 is 0 Å². The fourth-order valence-electron chi connectivity index (χ4n) is 2.55. The van der Waals surface area contributed by atoms with E-state index in [9.17, 15) is 9.59 Å². The van der Waals surface area contributed by atoms with Gasteiger partial charge in [-0.05, 0) is 50.5 Å². The highest BCUT2D eigenvalue weighted by Gasteiger charge is 2.17. The Morgan fingerprint density at radius 2 is 1.96 bits per heavy atom. The zero-order valence-corrected chi connectivity index (χ0v) is 16.4. The first-order chi connectivity index (χ1) is 12.5. The molecular weight excluding hydrogens is 375 g/mol. The minimum atomic E-state index is -0.317. The van der Waals surface area contributed by atoms with Gasteiger partial charge in [0.05, 0.1) is 22.2 Å². The second kappa shape index (κ2) is 9.64. The maximum Gasteiger partial charge on any atom is 0.293 e. The van der Waals surface area contributed by atoms with Gasteiger partial charge in [-0.3, -0.25) is 9.59 Å². The molecule has 2 aromatic rings. The Hall–Kier alpha value is -1.98. The highest BCUT2D eigenvalue weighted by atomic mass is 35.5. The van der Waals surface area contributed by atoms with Crippen molar-refractivity contribution in [3.05, 3.63) is 62.0 Å². The van der Waals surface area contributed by atoms with Gasteiger partial charge in [0.1, 0.15) is 0 Å². The molecule has 0 aliphatic rings. The predicted octanol–water partition coefficient (Wildman–Crippen LogP) is 3.94. The van der Waals surface area contributed by atoms with Crippen LogP contribution in [0.25, 0.3) is 0 Å². The summed E-state index contributed by atoms with van der Waals surface area (Å²) in [7, 11) is 0. The van der Waals surface area contributed by atoms with Crippen LogP contribution in [-0.4, -0.2) is 23.6 Å². The van der Waals surface area contributed by atoms with Crippen LogP contribution in [0.2, 0.25) is 10.0 Å². The monoisotopic (exact) mass is 396 g/mol. The maximum atomic E-state index is 12.4. The predicted molar refractivity (Wildman–Crippen MR) is 105 cm³/mol. The Labute approximate surface area is 162 Å². The Morgan fingerprint density at radius 1 is 1.19 bits per heavy atom. The van der Waals surface area contributed by atoms with Crippen molar-refractivity contribution in [2.45, 2.75) is 33.2 Å². The molecule has 1 aromatic heterocycles. The summed E-state index contributed by atoms with van der Waals surface area (Å²) in [6.45, 7) is 4.95. The van der Waals surface area contributed by atoms with Crippen LogP contribution >= 0.6 is 23.2 Å². The molecule has 0 spiro atoms. The van der Waals surface area contributed by atoms with Crippen LogP contribution in [0.15, 0.2) is 35.3 Å². The molecule has 2 rings (SSSR count). The summed E-state index contributed by atoms with van der Waals surface area (Å²) in [6.07, 6.45) is 3.10. The summed E-state index contributed by atoms with van der Waals surface area (Å²) < 4.78 is 6.92. The van der Waals surface area contributed by atoms with Crippen LogP contribution in [0.5, 0.6) is 5.75 Å². The van der Waals surface area contributed by atoms with Gasteiger partial charge >= 0.3 is 0 Å². The molecule has 1 amide bonds. The SMILES string of the molecule is CCOc1c(C(=O)NCCCc2ccc(Cl)c(Cl)c2)ccn(CC)c1=O. The van der Waals surface area contributed by atoms with Gasteiger partial charge in [-0.25, -0.2) is 0 Å². The van der Waals surface area contributed by atoms with E-state index in [-0.39, 0.29) is 22.8 Å². The number of carbonyl (C=O) groups is 1. The van der Waals surface area contributed by atoms with Crippen molar-refractivity contribution >= 4 is 29.1 Å². The van der Waals surface area contributed by atoms with E-state index in [1.165, 1.54) is 4.57 Å². The van der Waals surface area contributed by atoms with Gasteiger partial charge in [0.2, 0.25) is 0 Å². The topological polar surface area (TPSA) is 60.3 Å². The lowest BCUT2D eigenvalue weighted by molar-refractivity contribution is 0.0948. The second-order valence-electron chi connectivity index (χ2n) is 5.69. The molecule has 0 aliphatic carbocycles. The van der Waals surface area contributed by atoms with Crippen molar-refractivity contribution in [3.8, 4) is 5.75 Å². The van der Waals surface area contributed by atoms with Crippen LogP contribution < -0.4 is 15.6 Å². The summed E-state index contributed by atoms with van der Waals surface area (Å²) in [4.78, 5) is 24.7. The minimum Gasteiger partial charge on any atom is -0.488 e. The van der Waals surface area contributed by atoms with E-state index in [1.54, 1.807) is 25.3 Å². The van der Waals surface area contributed by atoms with Crippen LogP contribution in [-0.2, 0) is 13.0 Å². The van der Waals surface area contributed by atoms with E-state index in [2.05, 4.69) is 5.32 Å². The molecule has 1 heterocycles. The molecule has 0 saturated carbocycles. The Balaban J connectivity index is 1.98. The molecule has 0 aliphatic heterocycles. The van der Waals surface area contributed by atoms with E-state index in [1.807, 2.05) is 19.1 Å². The molecule has 5 nitrogen and oxygen atoms in total. The largest absolute Gasteiger partial charge is 0.488 e. The number of hydrogen-bond donors (Lipinski definition) is 1. The van der Waals surface area contributed by atoms with Crippen molar-refractivity contribution in [2.75, 3.05) is 13.2 Å². The number of aryl methyl sites for hydroxylation is 2. The zero-order valence-electron chi connectivity index (χ0n) is 14.9. The summed E-state index contributed by atoms with van der Waals surface area (Å²) >= 11 is 11.9. The fraction of sp³-hybridized carbons (Fsp3) is 0.368. The first kappa shape index (κ1) is 20.3. The van der Waals surface area contributed by atoms with Crippen molar-refractivity contribution in [1.82, 2.24) is 9.88 Å². The number of halogens is 2. The van der Waals surface area contributed by atoms with Gasteiger partial charge < -0.3 is 14.6 Å². The molecule has 0 atom stereocenters. The molecule has 0 radical (unpaired) electrons. The van der Waals surface area contributed by atoms with Crippen molar-refractivity contribution < 1.29 is 9.53 Å². The molecule has 1 N–H and O–H groups in total. The summed E-state index contributed by atoms with van der Waals surface area (Å²) in [5.74, 6) is -0.221. The second-order valence-corrected chi connectivity index (χ2v) is 6.51. The number of pyridine rings is 1. The van der Waals surface area contributed by atoms with E-state index in [0.717, 1.165) is 18.4 Å². The third kappa shape index (κ3) is 5.02. The number of rotatable bonds is 8. The van der Waals surface area contributed by atoms with Crippen LogP contribution in [0.3, 0.4) is 0 Å². The van der Waals surface area contributed by atoms with Crippen LogP contribution in [0, 0.1) is 0 Å². The summed E-state index contributed by atoms with van der Waals surface area (Å²) in [5.41, 5.74) is 1.02. The molecule has 140 valence electrons. The number of nitrogens with zero attached hydrogens (tertiary/aromatic N) is 1. The van der Waals surface area contributed by atoms with Gasteiger partial charge in [0.25, 0.3) is 11.5 Å². The quantitative estimate of drug-likeness (QED) is 0.687. The number of amides is 1. The molecule has 0 fully saturated rings. The molecule has 1 aromatic carbocycles. The van der Waals surface area contributed by atoms with Crippen LogP contribution in [0.1, 0.15) is 36.2 Å². The molecule has 7 heteroatoms. The van der Waals surface area contributed by atoms with Gasteiger partial charge in [-0.2, -0.15) is 0 Å². The highest BCUT2D eigenvalue weighted by Crippen LogP contribution is 2.23. The fourth-order valence-corrected chi connectivity index (χ4v) is 2.87. The third-order valence-corrected chi connectivity index (χ3v) is 4.65. The molecule has 0 unspecified atom stereocenters. The van der Waals surface area contributed by atoms with Gasteiger partial charge in [0, 0.05) is 19.3 Å². The smallest absolute Gasteiger partial charge is 0.293 e. The van der Waals surface area contributed by atoms with E-state index >= 15 is 0 Å². The van der Waals surface area contributed by atoms with Gasteiger partial charge in [0.15, 0.2) is 5.75 Å². The summed E-state index contributed by atoms with van der Waals surface area (Å²) in [6, 6.07) is 7.11. The number of hydrogen-bond acceptors (Lipinski definition) is 3. The Bertz CT molecular complexity index is 834. The standard InChI is InChI=1S/C19H22Cl2N2O3/c1-3-23-11-9-14(17(19(23)25)26-4-2)18(24)22-10-5-6-13-7-8-15(20)16(21)12-13/h7-9,11-12H,3-6,10H2,1-2H3,(H,22,24).